The van der Waals surface area contributed by atoms with E-state index >= 15 is 0 Å². The zero-order valence-electron chi connectivity index (χ0n) is 11.4. The van der Waals surface area contributed by atoms with E-state index in [0.717, 1.165) is 25.8 Å². The molecule has 8 heteroatoms. The maximum Gasteiger partial charge on any atom is 0.265 e. The SMILES string of the molecule is Cn1cc(S(=O)(=O)NCCC2CCCN2)cc1C(N)=O. The van der Waals surface area contributed by atoms with E-state index in [-0.39, 0.29) is 10.6 Å². The van der Waals surface area contributed by atoms with E-state index in [9.17, 15) is 13.2 Å². The minimum atomic E-state index is -3.59. The number of nitrogens with one attached hydrogen (secondary N) is 2. The number of sulfonamides is 1. The molecule has 2 heterocycles. The summed E-state index contributed by atoms with van der Waals surface area (Å²) >= 11 is 0. The molecule has 112 valence electrons. The molecule has 1 saturated heterocycles. The predicted octanol–water partition coefficient (Wildman–Crippen LogP) is -0.456. The molecule has 1 aliphatic rings. The Balaban J connectivity index is 1.98. The van der Waals surface area contributed by atoms with Gasteiger partial charge in [-0.05, 0) is 31.9 Å². The molecule has 0 bridgehead atoms. The van der Waals surface area contributed by atoms with Gasteiger partial charge in [-0.2, -0.15) is 0 Å². The van der Waals surface area contributed by atoms with Gasteiger partial charge in [0.1, 0.15) is 10.6 Å². The van der Waals surface area contributed by atoms with Crippen molar-refractivity contribution in [2.75, 3.05) is 13.1 Å². The van der Waals surface area contributed by atoms with Crippen LogP contribution in [0.25, 0.3) is 0 Å². The molecule has 0 saturated carbocycles. The van der Waals surface area contributed by atoms with Gasteiger partial charge in [0.25, 0.3) is 5.91 Å². The molecule has 4 N–H and O–H groups in total. The van der Waals surface area contributed by atoms with Crippen LogP contribution in [-0.2, 0) is 17.1 Å². The summed E-state index contributed by atoms with van der Waals surface area (Å²) in [5, 5.41) is 3.31. The summed E-state index contributed by atoms with van der Waals surface area (Å²) in [6.07, 6.45) is 4.36. The Bertz CT molecular complexity index is 588. The molecule has 1 fully saturated rings. The Morgan fingerprint density at radius 3 is 2.90 bits per heavy atom. The average Bonchev–Trinajstić information content (AvgIpc) is 2.98. The maximum absolute atomic E-state index is 12.1. The number of hydrogen-bond donors (Lipinski definition) is 3. The minimum absolute atomic E-state index is 0.0631. The number of nitrogens with two attached hydrogens (primary N) is 1. The second-order valence-corrected chi connectivity index (χ2v) is 6.78. The third-order valence-electron chi connectivity index (χ3n) is 3.49. The van der Waals surface area contributed by atoms with Crippen LogP contribution in [0.3, 0.4) is 0 Å². The lowest BCUT2D eigenvalue weighted by Gasteiger charge is -2.10. The first kappa shape index (κ1) is 15.0. The van der Waals surface area contributed by atoms with Gasteiger partial charge in [-0.15, -0.1) is 0 Å². The van der Waals surface area contributed by atoms with Crippen LogP contribution in [0, 0.1) is 0 Å². The molecular formula is C12H20N4O3S. The number of aryl methyl sites for hydroxylation is 1. The van der Waals surface area contributed by atoms with E-state index < -0.39 is 15.9 Å². The Morgan fingerprint density at radius 1 is 1.60 bits per heavy atom. The molecule has 0 aliphatic carbocycles. The smallest absolute Gasteiger partial charge is 0.265 e. The van der Waals surface area contributed by atoms with Crippen LogP contribution in [0.5, 0.6) is 0 Å². The fourth-order valence-electron chi connectivity index (χ4n) is 2.38. The van der Waals surface area contributed by atoms with Crippen LogP contribution in [0.2, 0.25) is 0 Å². The van der Waals surface area contributed by atoms with Crippen LogP contribution in [0.4, 0.5) is 0 Å². The second-order valence-electron chi connectivity index (χ2n) is 5.02. The lowest BCUT2D eigenvalue weighted by atomic mass is 10.2. The molecule has 1 aromatic rings. The minimum Gasteiger partial charge on any atom is -0.364 e. The van der Waals surface area contributed by atoms with Crippen molar-refractivity contribution in [1.29, 1.82) is 0 Å². The van der Waals surface area contributed by atoms with Gasteiger partial charge in [0.2, 0.25) is 10.0 Å². The second kappa shape index (κ2) is 5.94. The highest BCUT2D eigenvalue weighted by atomic mass is 32.2. The number of aromatic nitrogens is 1. The summed E-state index contributed by atoms with van der Waals surface area (Å²) in [5.41, 5.74) is 5.34. The van der Waals surface area contributed by atoms with Gasteiger partial charge in [-0.25, -0.2) is 13.1 Å². The molecule has 1 amide bonds. The fourth-order valence-corrected chi connectivity index (χ4v) is 3.50. The van der Waals surface area contributed by atoms with E-state index in [1.54, 1.807) is 7.05 Å². The number of amides is 1. The van der Waals surface area contributed by atoms with Crippen LogP contribution in [0.1, 0.15) is 29.8 Å². The first-order valence-electron chi connectivity index (χ1n) is 6.59. The predicted molar refractivity (Wildman–Crippen MR) is 74.8 cm³/mol. The van der Waals surface area contributed by atoms with E-state index in [1.807, 2.05) is 0 Å². The average molecular weight is 300 g/mol. The number of primary amides is 1. The zero-order chi connectivity index (χ0) is 14.8. The van der Waals surface area contributed by atoms with Gasteiger partial charge in [0.05, 0.1) is 0 Å². The third-order valence-corrected chi connectivity index (χ3v) is 4.92. The molecule has 20 heavy (non-hydrogen) atoms. The Hall–Kier alpha value is -1.38. The molecule has 0 aromatic carbocycles. The van der Waals surface area contributed by atoms with Gasteiger partial charge in [0, 0.05) is 25.8 Å². The van der Waals surface area contributed by atoms with Crippen LogP contribution >= 0.6 is 0 Å². The fraction of sp³-hybridized carbons (Fsp3) is 0.583. The highest BCUT2D eigenvalue weighted by molar-refractivity contribution is 7.89. The van der Waals surface area contributed by atoms with Crippen LogP contribution in [-0.4, -0.2) is 38.0 Å². The summed E-state index contributed by atoms with van der Waals surface area (Å²) in [6, 6.07) is 1.67. The molecular weight excluding hydrogens is 280 g/mol. The Kier molecular flexibility index (Phi) is 4.46. The van der Waals surface area contributed by atoms with Crippen molar-refractivity contribution < 1.29 is 13.2 Å². The molecule has 2 rings (SSSR count). The van der Waals surface area contributed by atoms with Crippen LogP contribution in [0.15, 0.2) is 17.2 Å². The van der Waals surface area contributed by atoms with E-state index in [1.165, 1.54) is 16.8 Å². The van der Waals surface area contributed by atoms with Gasteiger partial charge in [-0.3, -0.25) is 4.79 Å². The highest BCUT2D eigenvalue weighted by Crippen LogP contribution is 2.13. The summed E-state index contributed by atoms with van der Waals surface area (Å²) in [5.74, 6) is -0.649. The van der Waals surface area contributed by atoms with Crippen LogP contribution < -0.4 is 15.8 Å². The quantitative estimate of drug-likeness (QED) is 0.661. The number of carbonyl (C=O) groups excluding carboxylic acids is 1. The van der Waals surface area contributed by atoms with Gasteiger partial charge >= 0.3 is 0 Å². The van der Waals surface area contributed by atoms with Crippen molar-refractivity contribution in [3.05, 3.63) is 18.0 Å². The molecule has 0 spiro atoms. The van der Waals surface area contributed by atoms with Crippen molar-refractivity contribution >= 4 is 15.9 Å². The normalized spacial score (nSPS) is 19.4. The van der Waals surface area contributed by atoms with E-state index in [0.29, 0.717) is 12.6 Å². The van der Waals surface area contributed by atoms with E-state index in [2.05, 4.69) is 10.0 Å². The standard InChI is InChI=1S/C12H20N4O3S/c1-16-8-10(7-11(16)12(13)17)20(18,19)15-6-4-9-3-2-5-14-9/h7-9,14-15H,2-6H2,1H3,(H2,13,17). The Morgan fingerprint density at radius 2 is 2.35 bits per heavy atom. The van der Waals surface area contributed by atoms with E-state index in [4.69, 9.17) is 5.73 Å². The molecule has 1 aliphatic heterocycles. The number of nitrogens with zero attached hydrogens (tertiary/aromatic N) is 1. The van der Waals surface area contributed by atoms with Crippen molar-refractivity contribution in [3.8, 4) is 0 Å². The summed E-state index contributed by atoms with van der Waals surface area (Å²) in [6.45, 7) is 1.37. The van der Waals surface area contributed by atoms with Gasteiger partial charge in [-0.1, -0.05) is 0 Å². The number of carbonyl (C=O) groups is 1. The molecule has 7 nitrogen and oxygen atoms in total. The summed E-state index contributed by atoms with van der Waals surface area (Å²) < 4.78 is 28.2. The van der Waals surface area contributed by atoms with Crippen molar-refractivity contribution in [2.45, 2.75) is 30.2 Å². The third kappa shape index (κ3) is 3.38. The monoisotopic (exact) mass is 300 g/mol. The largest absolute Gasteiger partial charge is 0.364 e. The van der Waals surface area contributed by atoms with Gasteiger partial charge in [0.15, 0.2) is 0 Å². The van der Waals surface area contributed by atoms with Gasteiger partial charge < -0.3 is 15.6 Å². The number of rotatable bonds is 6. The van der Waals surface area contributed by atoms with Crippen molar-refractivity contribution in [1.82, 2.24) is 14.6 Å². The maximum atomic E-state index is 12.1. The first-order chi connectivity index (χ1) is 9.40. The number of hydrogen-bond acceptors (Lipinski definition) is 4. The topological polar surface area (TPSA) is 106 Å². The first-order valence-corrected chi connectivity index (χ1v) is 8.07. The summed E-state index contributed by atoms with van der Waals surface area (Å²) in [4.78, 5) is 11.2. The molecule has 1 atom stereocenters. The molecule has 1 unspecified atom stereocenters. The zero-order valence-corrected chi connectivity index (χ0v) is 12.2. The highest BCUT2D eigenvalue weighted by Gasteiger charge is 2.20. The lowest BCUT2D eigenvalue weighted by molar-refractivity contribution is 0.0992. The van der Waals surface area contributed by atoms with Crippen molar-refractivity contribution in [2.24, 2.45) is 12.8 Å². The summed E-state index contributed by atoms with van der Waals surface area (Å²) in [7, 11) is -2.01. The lowest BCUT2D eigenvalue weighted by Crippen LogP contribution is -2.30. The Labute approximate surface area is 118 Å². The molecule has 0 radical (unpaired) electrons. The molecule has 1 aromatic heterocycles. The van der Waals surface area contributed by atoms with Crippen molar-refractivity contribution in [3.63, 3.8) is 0 Å².